The molecule has 0 saturated carbocycles. The van der Waals surface area contributed by atoms with Crippen LogP contribution < -0.4 is 21.7 Å². The zero-order valence-corrected chi connectivity index (χ0v) is 17.3. The Balaban J connectivity index is 1.74. The van der Waals surface area contributed by atoms with Crippen molar-refractivity contribution in [3.63, 3.8) is 0 Å². The van der Waals surface area contributed by atoms with Crippen molar-refractivity contribution < 1.29 is 14.7 Å². The zero-order chi connectivity index (χ0) is 21.7. The number of benzene rings is 2. The SMILES string of the molecule is C[C@H](N[C@H](Cc1ccc(-c2cccc(Cl)c2)cc1)C(=O)NC1=NNNN1C)C(=O)O. The number of carbonyl (C=O) groups is 2. The minimum atomic E-state index is -1.04. The predicted molar refractivity (Wildman–Crippen MR) is 114 cm³/mol. The number of nitrogens with one attached hydrogen (secondary N) is 4. The topological polar surface area (TPSA) is 118 Å². The molecule has 0 saturated heterocycles. The number of hydrogen-bond acceptors (Lipinski definition) is 7. The van der Waals surface area contributed by atoms with E-state index in [-0.39, 0.29) is 5.96 Å². The van der Waals surface area contributed by atoms with Crippen LogP contribution in [0.15, 0.2) is 53.6 Å². The Morgan fingerprint density at radius 1 is 1.20 bits per heavy atom. The molecule has 0 radical (unpaired) electrons. The number of carbonyl (C=O) groups excluding carboxylic acids is 1. The second-order valence-electron chi connectivity index (χ2n) is 6.90. The van der Waals surface area contributed by atoms with Crippen LogP contribution in [0.2, 0.25) is 5.02 Å². The molecule has 9 nitrogen and oxygen atoms in total. The zero-order valence-electron chi connectivity index (χ0n) is 16.5. The monoisotopic (exact) mass is 430 g/mol. The summed E-state index contributed by atoms with van der Waals surface area (Å²) in [5.41, 5.74) is 8.08. The highest BCUT2D eigenvalue weighted by Gasteiger charge is 2.26. The molecule has 0 fully saturated rings. The van der Waals surface area contributed by atoms with Crippen LogP contribution in [0.3, 0.4) is 0 Å². The third kappa shape index (κ3) is 5.47. The highest BCUT2D eigenvalue weighted by Crippen LogP contribution is 2.23. The summed E-state index contributed by atoms with van der Waals surface area (Å²) < 4.78 is 0. The van der Waals surface area contributed by atoms with Gasteiger partial charge in [0.1, 0.15) is 6.04 Å². The first-order valence-electron chi connectivity index (χ1n) is 9.30. The van der Waals surface area contributed by atoms with Crippen LogP contribution >= 0.6 is 11.6 Å². The molecule has 0 aliphatic carbocycles. The number of halogens is 1. The Bertz CT molecular complexity index is 950. The molecule has 1 aliphatic rings. The van der Waals surface area contributed by atoms with Crippen molar-refractivity contribution in [1.82, 2.24) is 26.7 Å². The minimum Gasteiger partial charge on any atom is -0.480 e. The van der Waals surface area contributed by atoms with Gasteiger partial charge in [-0.25, -0.2) is 5.53 Å². The fourth-order valence-corrected chi connectivity index (χ4v) is 3.12. The van der Waals surface area contributed by atoms with Gasteiger partial charge in [0.2, 0.25) is 11.9 Å². The smallest absolute Gasteiger partial charge is 0.320 e. The Morgan fingerprint density at radius 2 is 1.93 bits per heavy atom. The molecule has 1 amide bonds. The summed E-state index contributed by atoms with van der Waals surface area (Å²) in [6, 6.07) is 13.6. The number of guanidine groups is 1. The number of rotatable bonds is 7. The molecular weight excluding hydrogens is 408 g/mol. The summed E-state index contributed by atoms with van der Waals surface area (Å²) in [5, 5.41) is 20.8. The Morgan fingerprint density at radius 3 is 2.53 bits per heavy atom. The molecule has 2 aromatic carbocycles. The summed E-state index contributed by atoms with van der Waals surface area (Å²) >= 11 is 6.06. The normalized spacial score (nSPS) is 15.2. The molecule has 0 spiro atoms. The van der Waals surface area contributed by atoms with Crippen molar-refractivity contribution in [2.75, 3.05) is 7.05 Å². The maximum Gasteiger partial charge on any atom is 0.320 e. The van der Waals surface area contributed by atoms with Crippen molar-refractivity contribution in [3.8, 4) is 11.1 Å². The molecule has 1 aliphatic heterocycles. The Kier molecular flexibility index (Phi) is 6.88. The number of hydrazine groups is 2. The molecule has 3 rings (SSSR count). The van der Waals surface area contributed by atoms with E-state index in [0.717, 1.165) is 16.7 Å². The largest absolute Gasteiger partial charge is 0.480 e. The number of amides is 1. The molecule has 10 heteroatoms. The number of hydrogen-bond donors (Lipinski definition) is 5. The first kappa shape index (κ1) is 21.6. The van der Waals surface area contributed by atoms with Crippen molar-refractivity contribution in [2.24, 2.45) is 5.10 Å². The van der Waals surface area contributed by atoms with Gasteiger partial charge in [0.05, 0.1) is 6.04 Å². The summed E-state index contributed by atoms with van der Waals surface area (Å²) in [6.07, 6.45) is 0.303. The van der Waals surface area contributed by atoms with Crippen molar-refractivity contribution >= 4 is 29.4 Å². The van der Waals surface area contributed by atoms with Crippen LogP contribution in [0.5, 0.6) is 0 Å². The standard InChI is InChI=1S/C20H23ClN6O3/c1-12(19(29)30)22-17(18(28)23-20-24-25-26-27(20)2)10-13-6-8-14(9-7-13)15-4-3-5-16(21)11-15/h3-9,11-12,17,22,25-26H,10H2,1-2H3,(H,29,30)(H,23,24,28)/t12-,17+/m0/s1. The number of carboxylic acid groups (broad SMARTS) is 1. The van der Waals surface area contributed by atoms with Crippen LogP contribution in [0.1, 0.15) is 12.5 Å². The lowest BCUT2D eigenvalue weighted by atomic mass is 10.00. The molecule has 158 valence electrons. The summed E-state index contributed by atoms with van der Waals surface area (Å²) in [4.78, 5) is 24.1. The van der Waals surface area contributed by atoms with E-state index in [2.05, 4.69) is 26.8 Å². The third-order valence-corrected chi connectivity index (χ3v) is 4.86. The van der Waals surface area contributed by atoms with E-state index in [1.807, 2.05) is 48.5 Å². The van der Waals surface area contributed by atoms with Crippen molar-refractivity contribution in [1.29, 1.82) is 0 Å². The fourth-order valence-electron chi connectivity index (χ4n) is 2.93. The van der Waals surface area contributed by atoms with E-state index in [0.29, 0.717) is 11.4 Å². The molecule has 0 unspecified atom stereocenters. The van der Waals surface area contributed by atoms with E-state index >= 15 is 0 Å². The highest BCUT2D eigenvalue weighted by molar-refractivity contribution is 6.30. The van der Waals surface area contributed by atoms with Crippen LogP contribution in [0, 0.1) is 0 Å². The summed E-state index contributed by atoms with van der Waals surface area (Å²) in [6.45, 7) is 1.49. The lowest BCUT2D eigenvalue weighted by molar-refractivity contribution is -0.139. The van der Waals surface area contributed by atoms with Crippen molar-refractivity contribution in [3.05, 3.63) is 59.1 Å². The number of carboxylic acids is 1. The molecular formula is C20H23ClN6O3. The van der Waals surface area contributed by atoms with E-state index in [1.165, 1.54) is 11.9 Å². The average Bonchev–Trinajstić information content (AvgIpc) is 3.12. The van der Waals surface area contributed by atoms with Crippen LogP contribution in [-0.2, 0) is 16.0 Å². The fraction of sp³-hybridized carbons (Fsp3) is 0.250. The maximum absolute atomic E-state index is 12.8. The van der Waals surface area contributed by atoms with Gasteiger partial charge in [-0.1, -0.05) is 48.0 Å². The van der Waals surface area contributed by atoms with Gasteiger partial charge in [-0.2, -0.15) is 0 Å². The van der Waals surface area contributed by atoms with Gasteiger partial charge in [-0.05, 0) is 42.2 Å². The first-order valence-corrected chi connectivity index (χ1v) is 9.68. The lowest BCUT2D eigenvalue weighted by Crippen LogP contribution is -2.54. The molecule has 30 heavy (non-hydrogen) atoms. The van der Waals surface area contributed by atoms with Gasteiger partial charge in [0, 0.05) is 12.1 Å². The molecule has 1 heterocycles. The molecule has 2 aromatic rings. The molecule has 5 N–H and O–H groups in total. The van der Waals surface area contributed by atoms with E-state index in [9.17, 15) is 14.7 Å². The molecule has 0 aromatic heterocycles. The summed E-state index contributed by atoms with van der Waals surface area (Å²) in [7, 11) is 1.68. The van der Waals surface area contributed by atoms with Gasteiger partial charge in [0.25, 0.3) is 0 Å². The third-order valence-electron chi connectivity index (χ3n) is 4.62. The lowest BCUT2D eigenvalue weighted by Gasteiger charge is -2.22. The first-order chi connectivity index (χ1) is 14.3. The van der Waals surface area contributed by atoms with Crippen LogP contribution in [-0.4, -0.2) is 47.1 Å². The van der Waals surface area contributed by atoms with E-state index < -0.39 is 24.0 Å². The molecule has 0 bridgehead atoms. The van der Waals surface area contributed by atoms with Gasteiger partial charge in [0.15, 0.2) is 0 Å². The second-order valence-corrected chi connectivity index (χ2v) is 7.33. The van der Waals surface area contributed by atoms with Crippen LogP contribution in [0.25, 0.3) is 11.1 Å². The number of aliphatic carboxylic acids is 1. The maximum atomic E-state index is 12.8. The molecule has 2 atom stereocenters. The second kappa shape index (κ2) is 9.57. The van der Waals surface area contributed by atoms with E-state index in [1.54, 1.807) is 7.05 Å². The van der Waals surface area contributed by atoms with Gasteiger partial charge in [-0.15, -0.1) is 10.6 Å². The van der Waals surface area contributed by atoms with Gasteiger partial charge < -0.3 is 5.11 Å². The Hall–Kier alpha value is -3.14. The van der Waals surface area contributed by atoms with Crippen LogP contribution in [0.4, 0.5) is 0 Å². The van der Waals surface area contributed by atoms with Gasteiger partial charge >= 0.3 is 5.97 Å². The number of nitrogens with zero attached hydrogens (tertiary/aromatic N) is 2. The van der Waals surface area contributed by atoms with E-state index in [4.69, 9.17) is 11.6 Å². The Labute approximate surface area is 179 Å². The highest BCUT2D eigenvalue weighted by atomic mass is 35.5. The quantitative estimate of drug-likeness (QED) is 0.449. The number of hydrazone groups is 1. The average molecular weight is 431 g/mol. The van der Waals surface area contributed by atoms with Gasteiger partial charge in [-0.3, -0.25) is 25.2 Å². The minimum absolute atomic E-state index is 0.283. The summed E-state index contributed by atoms with van der Waals surface area (Å²) in [5.74, 6) is -1.15. The van der Waals surface area contributed by atoms with Crippen molar-refractivity contribution in [2.45, 2.75) is 25.4 Å². The predicted octanol–water partition coefficient (Wildman–Crippen LogP) is 1.32.